The zero-order valence-electron chi connectivity index (χ0n) is 10.8. The zero-order chi connectivity index (χ0) is 14.4. The van der Waals surface area contributed by atoms with Crippen LogP contribution in [0.5, 0.6) is 0 Å². The average Bonchev–Trinajstić information content (AvgIpc) is 2.36. The van der Waals surface area contributed by atoms with Crippen LogP contribution >= 0.6 is 0 Å². The summed E-state index contributed by atoms with van der Waals surface area (Å²) in [7, 11) is 1.47. The van der Waals surface area contributed by atoms with Gasteiger partial charge in [-0.3, -0.25) is 9.59 Å². The highest BCUT2D eigenvalue weighted by Crippen LogP contribution is 2.12. The lowest BCUT2D eigenvalue weighted by molar-refractivity contribution is -0.142. The first-order valence-corrected chi connectivity index (χ1v) is 5.70. The summed E-state index contributed by atoms with van der Waals surface area (Å²) < 4.78 is 0. The standard InChI is InChI=1S/C13H16N2O4/c1-9(16)15(2)8-11(17)14-12(13(18)19)10-6-4-3-5-7-10/h3-7,12H,8H2,1-2H3,(H,14,17)(H,18,19)/t12-/m0/s1. The summed E-state index contributed by atoms with van der Waals surface area (Å²) in [5, 5.41) is 11.5. The number of carboxylic acids is 1. The number of hydrogen-bond donors (Lipinski definition) is 2. The summed E-state index contributed by atoms with van der Waals surface area (Å²) in [6.45, 7) is 1.16. The molecular formula is C13H16N2O4. The topological polar surface area (TPSA) is 86.7 Å². The minimum absolute atomic E-state index is 0.175. The van der Waals surface area contributed by atoms with Gasteiger partial charge in [0.05, 0.1) is 6.54 Å². The van der Waals surface area contributed by atoms with Crippen LogP contribution in [-0.4, -0.2) is 41.4 Å². The molecule has 0 aliphatic rings. The van der Waals surface area contributed by atoms with Gasteiger partial charge in [0, 0.05) is 14.0 Å². The predicted octanol–water partition coefficient (Wildman–Crippen LogP) is 0.407. The molecule has 0 spiro atoms. The van der Waals surface area contributed by atoms with Crippen LogP contribution in [0.1, 0.15) is 18.5 Å². The van der Waals surface area contributed by atoms with Crippen LogP contribution in [0.3, 0.4) is 0 Å². The maximum absolute atomic E-state index is 11.7. The molecule has 0 bridgehead atoms. The SMILES string of the molecule is CC(=O)N(C)CC(=O)N[C@H](C(=O)O)c1ccccc1. The minimum Gasteiger partial charge on any atom is -0.479 e. The number of likely N-dealkylation sites (N-methyl/N-ethyl adjacent to an activating group) is 1. The Labute approximate surface area is 111 Å². The Morgan fingerprint density at radius 2 is 1.84 bits per heavy atom. The fourth-order valence-electron chi connectivity index (χ4n) is 1.47. The number of carbonyl (C=O) groups is 3. The number of carbonyl (C=O) groups excluding carboxylic acids is 2. The van der Waals surface area contributed by atoms with Gasteiger partial charge in [0.25, 0.3) is 0 Å². The van der Waals surface area contributed by atoms with Crippen LogP contribution in [0.4, 0.5) is 0 Å². The second-order valence-corrected chi connectivity index (χ2v) is 4.12. The number of carboxylic acid groups (broad SMARTS) is 1. The molecule has 0 fully saturated rings. The number of rotatable bonds is 5. The van der Waals surface area contributed by atoms with Crippen LogP contribution in [0.2, 0.25) is 0 Å². The Morgan fingerprint density at radius 3 is 2.32 bits per heavy atom. The van der Waals surface area contributed by atoms with Crippen molar-refractivity contribution in [2.45, 2.75) is 13.0 Å². The molecule has 1 aromatic rings. The molecule has 2 amide bonds. The number of aliphatic carboxylic acids is 1. The summed E-state index contributed by atoms with van der Waals surface area (Å²) in [6, 6.07) is 7.27. The summed E-state index contributed by atoms with van der Waals surface area (Å²) in [5.41, 5.74) is 0.480. The van der Waals surface area contributed by atoms with E-state index in [-0.39, 0.29) is 12.5 Å². The summed E-state index contributed by atoms with van der Waals surface area (Å²) in [4.78, 5) is 35.0. The molecular weight excluding hydrogens is 248 g/mol. The van der Waals surface area contributed by atoms with Gasteiger partial charge in [0.2, 0.25) is 11.8 Å². The van der Waals surface area contributed by atoms with E-state index in [0.29, 0.717) is 5.56 Å². The van der Waals surface area contributed by atoms with Crippen molar-refractivity contribution in [3.63, 3.8) is 0 Å². The van der Waals surface area contributed by atoms with E-state index in [1.54, 1.807) is 30.3 Å². The molecule has 0 saturated carbocycles. The summed E-state index contributed by atoms with van der Waals surface area (Å²) >= 11 is 0. The maximum atomic E-state index is 11.7. The molecule has 1 rings (SSSR count). The molecule has 1 atom stereocenters. The van der Waals surface area contributed by atoms with E-state index in [1.165, 1.54) is 18.9 Å². The highest BCUT2D eigenvalue weighted by atomic mass is 16.4. The van der Waals surface area contributed by atoms with E-state index in [4.69, 9.17) is 5.11 Å². The Morgan fingerprint density at radius 1 is 1.26 bits per heavy atom. The van der Waals surface area contributed by atoms with Crippen LogP contribution in [0.25, 0.3) is 0 Å². The number of nitrogens with one attached hydrogen (secondary N) is 1. The largest absolute Gasteiger partial charge is 0.479 e. The third-order valence-corrected chi connectivity index (χ3v) is 2.60. The van der Waals surface area contributed by atoms with Gasteiger partial charge in [-0.25, -0.2) is 4.79 Å². The highest BCUT2D eigenvalue weighted by molar-refractivity contribution is 5.87. The van der Waals surface area contributed by atoms with Crippen molar-refractivity contribution in [3.05, 3.63) is 35.9 Å². The maximum Gasteiger partial charge on any atom is 0.330 e. The molecule has 102 valence electrons. The van der Waals surface area contributed by atoms with Gasteiger partial charge in [0.15, 0.2) is 6.04 Å². The quantitative estimate of drug-likeness (QED) is 0.806. The minimum atomic E-state index is -1.15. The van der Waals surface area contributed by atoms with Crippen molar-refractivity contribution in [3.8, 4) is 0 Å². The van der Waals surface area contributed by atoms with Crippen molar-refractivity contribution in [1.29, 1.82) is 0 Å². The van der Waals surface area contributed by atoms with Gasteiger partial charge >= 0.3 is 5.97 Å². The molecule has 0 saturated heterocycles. The van der Waals surface area contributed by atoms with E-state index >= 15 is 0 Å². The monoisotopic (exact) mass is 264 g/mol. The molecule has 0 aliphatic carbocycles. The lowest BCUT2D eigenvalue weighted by Crippen LogP contribution is -2.41. The highest BCUT2D eigenvalue weighted by Gasteiger charge is 2.22. The van der Waals surface area contributed by atoms with Crippen molar-refractivity contribution < 1.29 is 19.5 Å². The second kappa shape index (κ2) is 6.53. The van der Waals surface area contributed by atoms with Gasteiger partial charge in [-0.05, 0) is 5.56 Å². The van der Waals surface area contributed by atoms with Gasteiger partial charge < -0.3 is 15.3 Å². The molecule has 0 aromatic heterocycles. The fourth-order valence-corrected chi connectivity index (χ4v) is 1.47. The lowest BCUT2D eigenvalue weighted by Gasteiger charge is -2.18. The molecule has 19 heavy (non-hydrogen) atoms. The van der Waals surface area contributed by atoms with Gasteiger partial charge in [0.1, 0.15) is 0 Å². The first-order valence-electron chi connectivity index (χ1n) is 5.70. The molecule has 0 unspecified atom stereocenters. The van der Waals surface area contributed by atoms with Crippen LogP contribution < -0.4 is 5.32 Å². The predicted molar refractivity (Wildman–Crippen MR) is 68.3 cm³/mol. The van der Waals surface area contributed by atoms with Crippen LogP contribution in [-0.2, 0) is 14.4 Å². The number of hydrogen-bond acceptors (Lipinski definition) is 3. The third-order valence-electron chi connectivity index (χ3n) is 2.60. The van der Waals surface area contributed by atoms with E-state index in [2.05, 4.69) is 5.32 Å². The molecule has 2 N–H and O–H groups in total. The molecule has 0 aliphatic heterocycles. The number of nitrogens with zero attached hydrogens (tertiary/aromatic N) is 1. The summed E-state index contributed by atoms with van der Waals surface area (Å²) in [6.07, 6.45) is 0. The number of benzene rings is 1. The van der Waals surface area contributed by atoms with Crippen molar-refractivity contribution in [2.75, 3.05) is 13.6 Å². The van der Waals surface area contributed by atoms with E-state index < -0.39 is 17.9 Å². The van der Waals surface area contributed by atoms with Crippen molar-refractivity contribution in [1.82, 2.24) is 10.2 Å². The average molecular weight is 264 g/mol. The Hall–Kier alpha value is -2.37. The Balaban J connectivity index is 2.73. The number of amides is 2. The van der Waals surface area contributed by atoms with Crippen molar-refractivity contribution >= 4 is 17.8 Å². The summed E-state index contributed by atoms with van der Waals surface area (Å²) in [5.74, 6) is -1.93. The molecule has 6 nitrogen and oxygen atoms in total. The smallest absolute Gasteiger partial charge is 0.330 e. The second-order valence-electron chi connectivity index (χ2n) is 4.12. The normalized spacial score (nSPS) is 11.5. The lowest BCUT2D eigenvalue weighted by atomic mass is 10.1. The van der Waals surface area contributed by atoms with Gasteiger partial charge in [-0.1, -0.05) is 30.3 Å². The van der Waals surface area contributed by atoms with Gasteiger partial charge in [-0.15, -0.1) is 0 Å². The van der Waals surface area contributed by atoms with Crippen molar-refractivity contribution in [2.24, 2.45) is 0 Å². The first kappa shape index (κ1) is 14.7. The Bertz CT molecular complexity index is 473. The molecule has 1 aromatic carbocycles. The van der Waals surface area contributed by atoms with Crippen LogP contribution in [0.15, 0.2) is 30.3 Å². The van der Waals surface area contributed by atoms with E-state index in [1.807, 2.05) is 0 Å². The van der Waals surface area contributed by atoms with E-state index in [0.717, 1.165) is 0 Å². The molecule has 0 radical (unpaired) electrons. The molecule has 6 heteroatoms. The Kier molecular flexibility index (Phi) is 5.05. The first-order chi connectivity index (χ1) is 8.91. The van der Waals surface area contributed by atoms with Crippen LogP contribution in [0, 0.1) is 0 Å². The zero-order valence-corrected chi connectivity index (χ0v) is 10.8. The fraction of sp³-hybridized carbons (Fsp3) is 0.308. The van der Waals surface area contributed by atoms with Gasteiger partial charge in [-0.2, -0.15) is 0 Å². The third kappa shape index (κ3) is 4.42. The molecule has 0 heterocycles. The van der Waals surface area contributed by atoms with E-state index in [9.17, 15) is 14.4 Å².